The Balaban J connectivity index is 0.00000400. The first-order valence-electron chi connectivity index (χ1n) is 6.17. The fourth-order valence-corrected chi connectivity index (χ4v) is 1.83. The first-order chi connectivity index (χ1) is 9.18. The molecule has 0 aliphatic rings. The summed E-state index contributed by atoms with van der Waals surface area (Å²) in [5.41, 5.74) is 11.3. The van der Waals surface area contributed by atoms with E-state index in [1.54, 1.807) is 7.05 Å². The Hall–Kier alpha value is -1.86. The quantitative estimate of drug-likeness (QED) is 0.487. The zero-order chi connectivity index (χ0) is 15.5. The number of halogens is 1. The summed E-state index contributed by atoms with van der Waals surface area (Å²) in [4.78, 5) is 24.0. The van der Waals surface area contributed by atoms with Crippen LogP contribution < -0.4 is 11.5 Å². The zero-order valence-corrected chi connectivity index (χ0v) is 13.1. The van der Waals surface area contributed by atoms with Gasteiger partial charge in [-0.25, -0.2) is 0 Å². The molecule has 0 aliphatic heterocycles. The molecule has 4 N–H and O–H groups in total. The van der Waals surface area contributed by atoms with E-state index in [1.807, 2.05) is 13.8 Å². The molecule has 0 bridgehead atoms. The van der Waals surface area contributed by atoms with E-state index in [9.17, 15) is 14.9 Å². The normalized spacial score (nSPS) is 10.7. The van der Waals surface area contributed by atoms with E-state index >= 15 is 0 Å². The van der Waals surface area contributed by atoms with E-state index in [0.29, 0.717) is 13.1 Å². The highest BCUT2D eigenvalue weighted by atomic mass is 35.5. The van der Waals surface area contributed by atoms with Crippen LogP contribution in [0, 0.1) is 15.5 Å². The van der Waals surface area contributed by atoms with Crippen LogP contribution in [0.25, 0.3) is 0 Å². The lowest BCUT2D eigenvalue weighted by molar-refractivity contribution is -0.384. The van der Waals surface area contributed by atoms with Crippen molar-refractivity contribution in [2.75, 3.05) is 25.9 Å². The van der Waals surface area contributed by atoms with Gasteiger partial charge in [0.15, 0.2) is 0 Å². The lowest BCUT2D eigenvalue weighted by Gasteiger charge is -2.29. The third kappa shape index (κ3) is 4.87. The van der Waals surface area contributed by atoms with E-state index in [0.717, 1.165) is 0 Å². The number of hydrogen-bond donors (Lipinski definition) is 2. The van der Waals surface area contributed by atoms with Gasteiger partial charge >= 0.3 is 0 Å². The highest BCUT2D eigenvalue weighted by Gasteiger charge is 2.24. The van der Waals surface area contributed by atoms with Crippen LogP contribution in [-0.2, 0) is 0 Å². The number of carbonyl (C=O) groups is 1. The number of rotatable bonds is 5. The van der Waals surface area contributed by atoms with Crippen molar-refractivity contribution in [2.24, 2.45) is 11.1 Å². The van der Waals surface area contributed by atoms with Crippen LogP contribution in [-0.4, -0.2) is 35.9 Å². The molecule has 0 saturated carbocycles. The molecule has 0 atom stereocenters. The van der Waals surface area contributed by atoms with Gasteiger partial charge in [0.05, 0.1) is 10.5 Å². The average Bonchev–Trinajstić information content (AvgIpc) is 2.37. The predicted octanol–water partition coefficient (Wildman–Crippen LogP) is 1.66. The lowest BCUT2D eigenvalue weighted by Crippen LogP contribution is -2.40. The number of non-ortho nitro benzene ring substituents is 1. The van der Waals surface area contributed by atoms with Gasteiger partial charge in [-0.05, 0) is 18.0 Å². The van der Waals surface area contributed by atoms with Crippen molar-refractivity contribution in [1.82, 2.24) is 4.90 Å². The van der Waals surface area contributed by atoms with Crippen molar-refractivity contribution >= 4 is 29.7 Å². The second kappa shape index (κ2) is 7.24. The molecule has 8 heteroatoms. The van der Waals surface area contributed by atoms with Crippen LogP contribution in [0.1, 0.15) is 24.2 Å². The van der Waals surface area contributed by atoms with E-state index in [2.05, 4.69) is 0 Å². The molecule has 1 rings (SSSR count). The number of nitrogen functional groups attached to an aromatic ring is 1. The maximum Gasteiger partial charge on any atom is 0.270 e. The minimum atomic E-state index is -0.556. The molecule has 0 unspecified atom stereocenters. The molecule has 1 amide bonds. The van der Waals surface area contributed by atoms with E-state index in [-0.39, 0.29) is 40.7 Å². The van der Waals surface area contributed by atoms with E-state index in [1.165, 1.54) is 23.1 Å². The Morgan fingerprint density at radius 2 is 2.00 bits per heavy atom. The summed E-state index contributed by atoms with van der Waals surface area (Å²) in [5, 5.41) is 10.8. The summed E-state index contributed by atoms with van der Waals surface area (Å²) >= 11 is 0. The van der Waals surface area contributed by atoms with Gasteiger partial charge in [0.1, 0.15) is 0 Å². The third-order valence-electron chi connectivity index (χ3n) is 3.04. The first-order valence-corrected chi connectivity index (χ1v) is 6.17. The molecule has 0 heterocycles. The van der Waals surface area contributed by atoms with Crippen LogP contribution in [0.3, 0.4) is 0 Å². The molecule has 0 radical (unpaired) electrons. The lowest BCUT2D eigenvalue weighted by atomic mass is 9.93. The Morgan fingerprint density at radius 3 is 2.48 bits per heavy atom. The monoisotopic (exact) mass is 316 g/mol. The fourth-order valence-electron chi connectivity index (χ4n) is 1.83. The molecule has 0 spiro atoms. The van der Waals surface area contributed by atoms with E-state index in [4.69, 9.17) is 11.5 Å². The standard InChI is InChI=1S/C13H20N4O3.ClH/c1-13(2,7-14)8-16(3)12(18)10-6-9(17(19)20)4-5-11(10)15;/h4-6H,7-8,14-15H2,1-3H3;1H. The summed E-state index contributed by atoms with van der Waals surface area (Å²) in [6.45, 7) is 4.74. The topological polar surface area (TPSA) is 115 Å². The molecular formula is C13H21ClN4O3. The third-order valence-corrected chi connectivity index (χ3v) is 3.04. The molecule has 0 aliphatic carbocycles. The molecule has 1 aromatic carbocycles. The number of carbonyl (C=O) groups excluding carboxylic acids is 1. The maximum atomic E-state index is 12.3. The Morgan fingerprint density at radius 1 is 1.43 bits per heavy atom. The largest absolute Gasteiger partial charge is 0.398 e. The average molecular weight is 317 g/mol. The number of benzene rings is 1. The van der Waals surface area contributed by atoms with Gasteiger partial charge in [-0.1, -0.05) is 13.8 Å². The van der Waals surface area contributed by atoms with Crippen molar-refractivity contribution in [3.63, 3.8) is 0 Å². The van der Waals surface area contributed by atoms with Gasteiger partial charge in [0, 0.05) is 31.4 Å². The second-order valence-corrected chi connectivity index (χ2v) is 5.56. The summed E-state index contributed by atoms with van der Waals surface area (Å²) in [6.07, 6.45) is 0. The Bertz CT molecular complexity index is 534. The maximum absolute atomic E-state index is 12.3. The first kappa shape index (κ1) is 19.1. The van der Waals surface area contributed by atoms with Crippen LogP contribution >= 0.6 is 12.4 Å². The molecule has 0 aromatic heterocycles. The highest BCUT2D eigenvalue weighted by Crippen LogP contribution is 2.22. The van der Waals surface area contributed by atoms with Crippen molar-refractivity contribution in [3.8, 4) is 0 Å². The van der Waals surface area contributed by atoms with Gasteiger partial charge in [0.25, 0.3) is 11.6 Å². The predicted molar refractivity (Wildman–Crippen MR) is 84.6 cm³/mol. The second-order valence-electron chi connectivity index (χ2n) is 5.56. The number of nitrogens with two attached hydrogens (primary N) is 2. The molecular weight excluding hydrogens is 296 g/mol. The summed E-state index contributed by atoms with van der Waals surface area (Å²) in [6, 6.07) is 3.84. The SMILES string of the molecule is CN(CC(C)(C)CN)C(=O)c1cc([N+](=O)[O-])ccc1N.Cl. The van der Waals surface area contributed by atoms with Gasteiger partial charge in [-0.15, -0.1) is 12.4 Å². The minimum Gasteiger partial charge on any atom is -0.398 e. The van der Waals surface area contributed by atoms with Crippen molar-refractivity contribution in [2.45, 2.75) is 13.8 Å². The van der Waals surface area contributed by atoms with Crippen LogP contribution in [0.4, 0.5) is 11.4 Å². The summed E-state index contributed by atoms with van der Waals surface area (Å²) in [5.74, 6) is -0.354. The van der Waals surface area contributed by atoms with Crippen LogP contribution in [0.5, 0.6) is 0 Å². The summed E-state index contributed by atoms with van der Waals surface area (Å²) < 4.78 is 0. The van der Waals surface area contributed by atoms with Crippen LogP contribution in [0.2, 0.25) is 0 Å². The van der Waals surface area contributed by atoms with Gasteiger partial charge < -0.3 is 16.4 Å². The molecule has 21 heavy (non-hydrogen) atoms. The van der Waals surface area contributed by atoms with E-state index < -0.39 is 4.92 Å². The number of nitro benzene ring substituents is 1. The highest BCUT2D eigenvalue weighted by molar-refractivity contribution is 5.99. The van der Waals surface area contributed by atoms with Crippen molar-refractivity contribution in [3.05, 3.63) is 33.9 Å². The van der Waals surface area contributed by atoms with Gasteiger partial charge in [0.2, 0.25) is 0 Å². The Labute approximate surface area is 129 Å². The number of amides is 1. The smallest absolute Gasteiger partial charge is 0.270 e. The molecule has 1 aromatic rings. The number of hydrogen-bond acceptors (Lipinski definition) is 5. The van der Waals surface area contributed by atoms with Crippen LogP contribution in [0.15, 0.2) is 18.2 Å². The van der Waals surface area contributed by atoms with Gasteiger partial charge in [-0.2, -0.15) is 0 Å². The fraction of sp³-hybridized carbons (Fsp3) is 0.462. The molecule has 7 nitrogen and oxygen atoms in total. The minimum absolute atomic E-state index is 0. The number of nitro groups is 1. The van der Waals surface area contributed by atoms with Crippen molar-refractivity contribution < 1.29 is 9.72 Å². The van der Waals surface area contributed by atoms with Crippen molar-refractivity contribution in [1.29, 1.82) is 0 Å². The molecule has 0 fully saturated rings. The Kier molecular flexibility index (Phi) is 6.59. The molecule has 0 saturated heterocycles. The zero-order valence-electron chi connectivity index (χ0n) is 12.3. The number of anilines is 1. The summed E-state index contributed by atoms with van der Waals surface area (Å²) in [7, 11) is 1.62. The van der Waals surface area contributed by atoms with Gasteiger partial charge in [-0.3, -0.25) is 14.9 Å². The number of nitrogens with zero attached hydrogens (tertiary/aromatic N) is 2. The molecule has 118 valence electrons.